The molecule has 0 saturated heterocycles. The second-order valence-electron chi connectivity index (χ2n) is 5.20. The summed E-state index contributed by atoms with van der Waals surface area (Å²) < 4.78 is 30.8. The number of sulfonamides is 1. The fraction of sp³-hybridized carbons (Fsp3) is 0.615. The molecule has 1 heterocycles. The number of hydrogen-bond donors (Lipinski definition) is 1. The predicted octanol–water partition coefficient (Wildman–Crippen LogP) is 0.838. The van der Waals surface area contributed by atoms with Gasteiger partial charge in [-0.3, -0.25) is 0 Å². The molecular formula is C13H21N3O3S. The highest BCUT2D eigenvalue weighted by Gasteiger charge is 2.28. The Labute approximate surface area is 120 Å². The van der Waals surface area contributed by atoms with Crippen molar-refractivity contribution in [3.05, 3.63) is 18.3 Å². The first-order valence-corrected chi connectivity index (χ1v) is 8.14. The first-order chi connectivity index (χ1) is 9.45. The van der Waals surface area contributed by atoms with Gasteiger partial charge in [0.25, 0.3) is 0 Å². The van der Waals surface area contributed by atoms with Gasteiger partial charge < -0.3 is 10.5 Å². The van der Waals surface area contributed by atoms with Gasteiger partial charge in [-0.05, 0) is 31.9 Å². The summed E-state index contributed by atoms with van der Waals surface area (Å²) in [5.74, 6) is 0.815. The molecule has 2 atom stereocenters. The van der Waals surface area contributed by atoms with E-state index >= 15 is 0 Å². The highest BCUT2D eigenvalue weighted by Crippen LogP contribution is 2.28. The van der Waals surface area contributed by atoms with Crippen molar-refractivity contribution in [3.63, 3.8) is 0 Å². The largest absolute Gasteiger partial charge is 0.474 e. The van der Waals surface area contributed by atoms with Gasteiger partial charge >= 0.3 is 0 Å². The van der Waals surface area contributed by atoms with Gasteiger partial charge in [-0.2, -0.15) is 0 Å². The molecule has 0 amide bonds. The van der Waals surface area contributed by atoms with Crippen molar-refractivity contribution in [1.82, 2.24) is 9.29 Å². The highest BCUT2D eigenvalue weighted by molar-refractivity contribution is 7.89. The lowest BCUT2D eigenvalue weighted by atomic mass is 10.1. The standard InChI is InChI=1S/C13H21N3O3S/c1-16(2)20(17,18)11-6-7-13(15-9-11)19-12-5-3-4-10(12)8-14/h6-7,9-10,12H,3-5,8,14H2,1-2H3. The molecule has 2 N–H and O–H groups in total. The predicted molar refractivity (Wildman–Crippen MR) is 75.9 cm³/mol. The fourth-order valence-corrected chi connectivity index (χ4v) is 3.23. The lowest BCUT2D eigenvalue weighted by molar-refractivity contribution is 0.155. The van der Waals surface area contributed by atoms with Crippen molar-refractivity contribution in [2.24, 2.45) is 11.7 Å². The van der Waals surface area contributed by atoms with Crippen LogP contribution in [0.3, 0.4) is 0 Å². The minimum absolute atomic E-state index is 0.0869. The second-order valence-corrected chi connectivity index (χ2v) is 7.35. The Bertz CT molecular complexity index is 542. The summed E-state index contributed by atoms with van der Waals surface area (Å²) in [5.41, 5.74) is 5.71. The molecule has 112 valence electrons. The Morgan fingerprint density at radius 3 is 2.70 bits per heavy atom. The Kier molecular flexibility index (Phi) is 4.62. The van der Waals surface area contributed by atoms with E-state index in [0.717, 1.165) is 23.6 Å². The van der Waals surface area contributed by atoms with Crippen LogP contribution >= 0.6 is 0 Å². The summed E-state index contributed by atoms with van der Waals surface area (Å²) in [6.45, 7) is 0.609. The molecule has 0 aromatic carbocycles. The number of ether oxygens (including phenoxy) is 1. The van der Waals surface area contributed by atoms with Crippen molar-refractivity contribution in [2.75, 3.05) is 20.6 Å². The quantitative estimate of drug-likeness (QED) is 0.870. The maximum absolute atomic E-state index is 11.9. The van der Waals surface area contributed by atoms with E-state index in [1.54, 1.807) is 6.07 Å². The molecule has 1 fully saturated rings. The summed E-state index contributed by atoms with van der Waals surface area (Å²) in [4.78, 5) is 4.25. The van der Waals surface area contributed by atoms with Crippen LogP contribution < -0.4 is 10.5 Å². The van der Waals surface area contributed by atoms with Gasteiger partial charge in [-0.25, -0.2) is 17.7 Å². The van der Waals surface area contributed by atoms with Crippen molar-refractivity contribution in [2.45, 2.75) is 30.3 Å². The van der Waals surface area contributed by atoms with E-state index in [2.05, 4.69) is 4.98 Å². The van der Waals surface area contributed by atoms with Crippen LogP contribution in [0, 0.1) is 5.92 Å². The average molecular weight is 299 g/mol. The highest BCUT2D eigenvalue weighted by atomic mass is 32.2. The van der Waals surface area contributed by atoms with E-state index in [1.165, 1.54) is 26.4 Å². The van der Waals surface area contributed by atoms with Gasteiger partial charge in [0.1, 0.15) is 11.0 Å². The minimum atomic E-state index is -3.44. The summed E-state index contributed by atoms with van der Waals surface area (Å²) in [6, 6.07) is 3.12. The van der Waals surface area contributed by atoms with Crippen LogP contribution in [0.5, 0.6) is 5.88 Å². The molecule has 0 aliphatic heterocycles. The number of hydrogen-bond acceptors (Lipinski definition) is 5. The lowest BCUT2D eigenvalue weighted by Gasteiger charge is -2.19. The molecule has 2 rings (SSSR count). The average Bonchev–Trinajstić information content (AvgIpc) is 2.86. The van der Waals surface area contributed by atoms with Crippen LogP contribution in [0.1, 0.15) is 19.3 Å². The third-order valence-electron chi connectivity index (χ3n) is 3.65. The smallest absolute Gasteiger partial charge is 0.244 e. The Balaban J connectivity index is 2.09. The maximum atomic E-state index is 11.9. The summed E-state index contributed by atoms with van der Waals surface area (Å²) >= 11 is 0. The summed E-state index contributed by atoms with van der Waals surface area (Å²) in [5, 5.41) is 0. The Morgan fingerprint density at radius 1 is 1.40 bits per heavy atom. The zero-order valence-corrected chi connectivity index (χ0v) is 12.6. The van der Waals surface area contributed by atoms with Gasteiger partial charge in [-0.1, -0.05) is 0 Å². The van der Waals surface area contributed by atoms with Gasteiger partial charge in [0.15, 0.2) is 0 Å². The number of rotatable bonds is 5. The Morgan fingerprint density at radius 2 is 2.15 bits per heavy atom. The minimum Gasteiger partial charge on any atom is -0.474 e. The third kappa shape index (κ3) is 3.11. The van der Waals surface area contributed by atoms with E-state index in [0.29, 0.717) is 18.3 Å². The van der Waals surface area contributed by atoms with Crippen LogP contribution in [0.15, 0.2) is 23.2 Å². The third-order valence-corrected chi connectivity index (χ3v) is 5.45. The van der Waals surface area contributed by atoms with Crippen LogP contribution in [-0.4, -0.2) is 44.5 Å². The van der Waals surface area contributed by atoms with E-state index in [-0.39, 0.29) is 11.0 Å². The molecule has 1 aliphatic rings. The van der Waals surface area contributed by atoms with Gasteiger partial charge in [0, 0.05) is 26.1 Å². The van der Waals surface area contributed by atoms with E-state index in [1.807, 2.05) is 0 Å². The fourth-order valence-electron chi connectivity index (χ4n) is 2.38. The normalized spacial score (nSPS) is 23.2. The number of aromatic nitrogens is 1. The number of nitrogens with two attached hydrogens (primary N) is 1. The molecule has 20 heavy (non-hydrogen) atoms. The summed E-state index contributed by atoms with van der Waals surface area (Å²) in [6.07, 6.45) is 4.58. The molecular weight excluding hydrogens is 278 g/mol. The maximum Gasteiger partial charge on any atom is 0.244 e. The van der Waals surface area contributed by atoms with Crippen molar-refractivity contribution < 1.29 is 13.2 Å². The molecule has 1 saturated carbocycles. The van der Waals surface area contributed by atoms with Gasteiger partial charge in [0.05, 0.1) is 6.20 Å². The van der Waals surface area contributed by atoms with Gasteiger partial charge in [0.2, 0.25) is 15.9 Å². The van der Waals surface area contributed by atoms with E-state index < -0.39 is 10.0 Å². The van der Waals surface area contributed by atoms with Crippen LogP contribution in [0.25, 0.3) is 0 Å². The number of nitrogens with zero attached hydrogens (tertiary/aromatic N) is 2. The zero-order valence-electron chi connectivity index (χ0n) is 11.8. The zero-order chi connectivity index (χ0) is 14.8. The van der Waals surface area contributed by atoms with Crippen LogP contribution in [0.2, 0.25) is 0 Å². The molecule has 0 bridgehead atoms. The van der Waals surface area contributed by atoms with Crippen LogP contribution in [-0.2, 0) is 10.0 Å². The molecule has 6 nitrogen and oxygen atoms in total. The topological polar surface area (TPSA) is 85.5 Å². The molecule has 0 spiro atoms. The van der Waals surface area contributed by atoms with E-state index in [9.17, 15) is 8.42 Å². The Hall–Kier alpha value is -1.18. The van der Waals surface area contributed by atoms with Crippen LogP contribution in [0.4, 0.5) is 0 Å². The second kappa shape index (κ2) is 6.07. The monoisotopic (exact) mass is 299 g/mol. The SMILES string of the molecule is CN(C)S(=O)(=O)c1ccc(OC2CCCC2CN)nc1. The lowest BCUT2D eigenvalue weighted by Crippen LogP contribution is -2.28. The van der Waals surface area contributed by atoms with Crippen molar-refractivity contribution >= 4 is 10.0 Å². The number of pyridine rings is 1. The first-order valence-electron chi connectivity index (χ1n) is 6.70. The van der Waals surface area contributed by atoms with Gasteiger partial charge in [-0.15, -0.1) is 0 Å². The molecule has 1 aromatic rings. The molecule has 0 radical (unpaired) electrons. The first kappa shape index (κ1) is 15.2. The molecule has 1 aromatic heterocycles. The molecule has 1 aliphatic carbocycles. The molecule has 7 heteroatoms. The van der Waals surface area contributed by atoms with Crippen molar-refractivity contribution in [3.8, 4) is 5.88 Å². The summed E-state index contributed by atoms with van der Waals surface area (Å²) in [7, 11) is -0.461. The van der Waals surface area contributed by atoms with E-state index in [4.69, 9.17) is 10.5 Å². The van der Waals surface area contributed by atoms with Crippen molar-refractivity contribution in [1.29, 1.82) is 0 Å². The molecule has 2 unspecified atom stereocenters.